The Kier molecular flexibility index (Phi) is 14.2. The molecule has 14 heteroatoms. The number of aromatic amines is 1. The number of hydrogen-bond acceptors (Lipinski definition) is 11. The number of pyridine rings is 1. The standard InChI is InChI=1S/C48H55N5O9/c1-48(2,46(58)60-26-7-6-23-49-28-40(55)37-17-19-39(54)44-38(37)18-20-42(56)50-44)52-45(57)34-15-13-31(14-16-34)30-61-36-12-8-11-35(27-36)43(33-9-4-3-5-10-33)51-47(59)62-41-29-53-24-21-32(41)22-25-53/h3-5,8-20,27,32,40-41,43,49,54-55H,6-7,21-26,28-30H2,1-2H3,(H,50,56)(H,51,59)(H,52,57)/t40-,41-,43-/m0/s1. The van der Waals surface area contributed by atoms with Crippen LogP contribution in [0.5, 0.6) is 11.5 Å². The summed E-state index contributed by atoms with van der Waals surface area (Å²) in [6, 6.07) is 29.9. The molecule has 3 saturated heterocycles. The highest BCUT2D eigenvalue weighted by Crippen LogP contribution is 2.31. The van der Waals surface area contributed by atoms with E-state index in [4.69, 9.17) is 14.2 Å². The second-order valence-electron chi connectivity index (χ2n) is 16.6. The lowest BCUT2D eigenvalue weighted by atomic mass is 9.86. The molecule has 14 nitrogen and oxygen atoms in total. The van der Waals surface area contributed by atoms with Gasteiger partial charge < -0.3 is 45.4 Å². The van der Waals surface area contributed by atoms with Crippen LogP contribution in [0.15, 0.2) is 108 Å². The van der Waals surface area contributed by atoms with Crippen molar-refractivity contribution in [1.82, 2.24) is 25.8 Å². The lowest BCUT2D eigenvalue weighted by Gasteiger charge is -2.43. The first-order valence-corrected chi connectivity index (χ1v) is 21.2. The van der Waals surface area contributed by atoms with Crippen LogP contribution >= 0.6 is 0 Å². The average molecular weight is 846 g/mol. The molecule has 0 radical (unpaired) electrons. The number of nitrogens with zero attached hydrogens (tertiary/aromatic N) is 1. The number of esters is 1. The third-order valence-electron chi connectivity index (χ3n) is 11.6. The summed E-state index contributed by atoms with van der Waals surface area (Å²) < 4.78 is 17.6. The van der Waals surface area contributed by atoms with Gasteiger partial charge in [0, 0.05) is 30.1 Å². The molecular formula is C48H55N5O9. The van der Waals surface area contributed by atoms with Crippen molar-refractivity contribution in [2.45, 2.75) is 69.9 Å². The number of aromatic hydroxyl groups is 1. The Balaban J connectivity index is 0.838. The molecule has 326 valence electrons. The molecule has 5 aromatic rings. The molecule has 6 N–H and O–H groups in total. The zero-order valence-electron chi connectivity index (χ0n) is 35.1. The van der Waals surface area contributed by atoms with Crippen molar-refractivity contribution in [3.05, 3.63) is 141 Å². The average Bonchev–Trinajstić information content (AvgIpc) is 3.28. The van der Waals surface area contributed by atoms with Gasteiger partial charge in [-0.2, -0.15) is 0 Å². The second kappa shape index (κ2) is 20.1. The zero-order valence-corrected chi connectivity index (χ0v) is 35.1. The van der Waals surface area contributed by atoms with Gasteiger partial charge >= 0.3 is 12.1 Å². The van der Waals surface area contributed by atoms with Crippen molar-refractivity contribution in [2.24, 2.45) is 5.92 Å². The van der Waals surface area contributed by atoms with E-state index in [1.165, 1.54) is 12.1 Å². The van der Waals surface area contributed by atoms with Gasteiger partial charge in [-0.25, -0.2) is 9.59 Å². The Bertz CT molecular complexity index is 2380. The molecule has 0 spiro atoms. The van der Waals surface area contributed by atoms with Crippen molar-refractivity contribution >= 4 is 28.9 Å². The minimum atomic E-state index is -1.28. The molecule has 62 heavy (non-hydrogen) atoms. The number of aromatic nitrogens is 1. The lowest BCUT2D eigenvalue weighted by Crippen LogP contribution is -2.52. The Morgan fingerprint density at radius 1 is 0.903 bits per heavy atom. The number of ether oxygens (including phenoxy) is 3. The number of alkyl carbamates (subject to hydrolysis) is 1. The molecule has 2 amide bonds. The fourth-order valence-electron chi connectivity index (χ4n) is 8.04. The highest BCUT2D eigenvalue weighted by atomic mass is 16.6. The highest BCUT2D eigenvalue weighted by Gasteiger charge is 2.37. The summed E-state index contributed by atoms with van der Waals surface area (Å²) in [6.45, 7) is 7.29. The van der Waals surface area contributed by atoms with Crippen molar-refractivity contribution in [2.75, 3.05) is 39.3 Å². The molecule has 0 unspecified atom stereocenters. The van der Waals surface area contributed by atoms with E-state index in [2.05, 4.69) is 25.8 Å². The van der Waals surface area contributed by atoms with Gasteiger partial charge in [0.1, 0.15) is 29.7 Å². The topological polar surface area (TPSA) is 192 Å². The Morgan fingerprint density at radius 2 is 1.66 bits per heavy atom. The van der Waals surface area contributed by atoms with Crippen LogP contribution in [0, 0.1) is 5.92 Å². The second-order valence-corrected chi connectivity index (χ2v) is 16.6. The number of phenols is 1. The smallest absolute Gasteiger partial charge is 0.408 e. The van der Waals surface area contributed by atoms with Gasteiger partial charge in [-0.15, -0.1) is 0 Å². The molecule has 4 heterocycles. The fourth-order valence-corrected chi connectivity index (χ4v) is 8.04. The van der Waals surface area contributed by atoms with Crippen LogP contribution in [-0.2, 0) is 20.9 Å². The summed E-state index contributed by atoms with van der Waals surface area (Å²) in [5.74, 6) is -0.0306. The van der Waals surface area contributed by atoms with Crippen LogP contribution < -0.4 is 26.2 Å². The number of carbonyl (C=O) groups excluding carboxylic acids is 3. The first-order chi connectivity index (χ1) is 29.9. The van der Waals surface area contributed by atoms with E-state index >= 15 is 0 Å². The number of fused-ring (bicyclic) bond motifs is 4. The number of rotatable bonds is 18. The molecule has 0 aliphatic carbocycles. The SMILES string of the molecule is CC(C)(NC(=O)c1ccc(COc2cccc([C@@H](NC(=O)O[C@H]3CN4CCC3CC4)c3ccccc3)c2)cc1)C(=O)OCCCCNC[C@H](O)c1ccc(O)c2[nH]c(=O)ccc12. The largest absolute Gasteiger partial charge is 0.506 e. The number of hydrogen-bond donors (Lipinski definition) is 6. The van der Waals surface area contributed by atoms with Gasteiger partial charge in [0.2, 0.25) is 5.56 Å². The number of unbranched alkanes of at least 4 members (excludes halogenated alkanes) is 1. The maximum Gasteiger partial charge on any atom is 0.408 e. The first kappa shape index (κ1) is 43.9. The normalized spacial score (nSPS) is 18.1. The van der Waals surface area contributed by atoms with Crippen molar-refractivity contribution in [3.63, 3.8) is 0 Å². The maximum atomic E-state index is 13.2. The number of benzene rings is 4. The Morgan fingerprint density at radius 3 is 2.40 bits per heavy atom. The number of carbonyl (C=O) groups is 3. The number of amides is 2. The van der Waals surface area contributed by atoms with Gasteiger partial charge in [0.05, 0.1) is 24.3 Å². The summed E-state index contributed by atoms with van der Waals surface area (Å²) in [6.07, 6.45) is 1.92. The summed E-state index contributed by atoms with van der Waals surface area (Å²) in [5.41, 5.74) is 2.20. The molecule has 0 saturated carbocycles. The van der Waals surface area contributed by atoms with Crippen LogP contribution in [-0.4, -0.2) is 89.0 Å². The van der Waals surface area contributed by atoms with Crippen LogP contribution in [0.3, 0.4) is 0 Å². The van der Waals surface area contributed by atoms with Crippen LogP contribution in [0.4, 0.5) is 4.79 Å². The molecule has 3 atom stereocenters. The van der Waals surface area contributed by atoms with Gasteiger partial charge in [0.25, 0.3) is 5.91 Å². The van der Waals surface area contributed by atoms with Gasteiger partial charge in [-0.3, -0.25) is 14.5 Å². The van der Waals surface area contributed by atoms with Gasteiger partial charge in [-0.1, -0.05) is 60.7 Å². The van der Waals surface area contributed by atoms with Gasteiger partial charge in [0.15, 0.2) is 0 Å². The number of phenolic OH excluding ortho intramolecular Hbond substituents is 1. The van der Waals surface area contributed by atoms with E-state index in [9.17, 15) is 29.4 Å². The fraction of sp³-hybridized carbons (Fsp3) is 0.375. The molecule has 1 aromatic heterocycles. The van der Waals surface area contributed by atoms with Gasteiger partial charge in [-0.05, 0) is 124 Å². The maximum absolute atomic E-state index is 13.2. The third-order valence-corrected chi connectivity index (χ3v) is 11.6. The van der Waals surface area contributed by atoms with Crippen LogP contribution in [0.2, 0.25) is 0 Å². The van der Waals surface area contributed by atoms with E-state index in [1.807, 2.05) is 54.6 Å². The number of aliphatic hydroxyl groups is 1. The Hall–Kier alpha value is -6.22. The predicted octanol–water partition coefficient (Wildman–Crippen LogP) is 5.88. The van der Waals surface area contributed by atoms with Crippen molar-refractivity contribution in [3.8, 4) is 11.5 Å². The van der Waals surface area contributed by atoms with E-state index < -0.39 is 35.7 Å². The summed E-state index contributed by atoms with van der Waals surface area (Å²) in [5, 5.41) is 30.4. The minimum Gasteiger partial charge on any atom is -0.506 e. The zero-order chi connectivity index (χ0) is 43.6. The minimum absolute atomic E-state index is 0.0713. The van der Waals surface area contributed by atoms with Crippen molar-refractivity contribution in [1.29, 1.82) is 0 Å². The van der Waals surface area contributed by atoms with Crippen LogP contribution in [0.1, 0.15) is 84.3 Å². The Labute approximate surface area is 360 Å². The molecule has 2 bridgehead atoms. The molecule has 3 fully saturated rings. The van der Waals surface area contributed by atoms with E-state index in [-0.39, 0.29) is 42.7 Å². The van der Waals surface area contributed by atoms with E-state index in [1.54, 1.807) is 50.2 Å². The molecule has 3 aliphatic heterocycles. The number of aliphatic hydroxyl groups excluding tert-OH is 1. The third kappa shape index (κ3) is 11.2. The molecular weight excluding hydrogens is 791 g/mol. The van der Waals surface area contributed by atoms with Crippen molar-refractivity contribution < 1.29 is 38.8 Å². The van der Waals surface area contributed by atoms with Crippen LogP contribution in [0.25, 0.3) is 10.9 Å². The monoisotopic (exact) mass is 845 g/mol. The quantitative estimate of drug-likeness (QED) is 0.0457. The summed E-state index contributed by atoms with van der Waals surface area (Å²) in [7, 11) is 0. The van der Waals surface area contributed by atoms with E-state index in [0.717, 1.165) is 49.2 Å². The summed E-state index contributed by atoms with van der Waals surface area (Å²) in [4.78, 5) is 56.0. The summed E-state index contributed by atoms with van der Waals surface area (Å²) >= 11 is 0. The highest BCUT2D eigenvalue weighted by molar-refractivity contribution is 5.98. The first-order valence-electron chi connectivity index (χ1n) is 21.2. The number of H-pyrrole nitrogens is 1. The predicted molar refractivity (Wildman–Crippen MR) is 234 cm³/mol. The lowest BCUT2D eigenvalue weighted by molar-refractivity contribution is -0.150. The molecule has 4 aromatic carbocycles. The molecule has 3 aliphatic rings. The number of nitrogens with one attached hydrogen (secondary N) is 4. The van der Waals surface area contributed by atoms with E-state index in [0.29, 0.717) is 47.6 Å². The molecule has 8 rings (SSSR count). The number of piperidine rings is 3.